The van der Waals surface area contributed by atoms with Crippen LogP contribution in [0.4, 0.5) is 17.1 Å². The summed E-state index contributed by atoms with van der Waals surface area (Å²) in [7, 11) is 0. The molecule has 11 aromatic carbocycles. The van der Waals surface area contributed by atoms with Gasteiger partial charge in [0.1, 0.15) is 0 Å². The Balaban J connectivity index is 1.01. The molecule has 0 N–H and O–H groups in total. The van der Waals surface area contributed by atoms with Gasteiger partial charge in [0, 0.05) is 17.1 Å². The van der Waals surface area contributed by atoms with Crippen molar-refractivity contribution in [3.05, 3.63) is 249 Å². The first kappa shape index (κ1) is 31.9. The quantitative estimate of drug-likeness (QED) is 0.139. The summed E-state index contributed by atoms with van der Waals surface area (Å²) in [4.78, 5) is 1.86. The Labute approximate surface area is 362 Å². The molecule has 0 spiro atoms. The van der Waals surface area contributed by atoms with Crippen LogP contribution in [-0.4, -0.2) is 0 Å². The lowest BCUT2D eigenvalue weighted by Gasteiger charge is -2.26. The monoisotopic (exact) mass is 779 g/mol. The molecule has 0 saturated carbocycles. The molecular formula is C60H41N. The van der Waals surface area contributed by atoms with Gasteiger partial charge < -0.3 is 4.90 Å². The van der Waals surface area contributed by atoms with Crippen molar-refractivity contribution < 1.29 is 5.48 Å². The van der Waals surface area contributed by atoms with Crippen LogP contribution in [0.3, 0.4) is 0 Å². The number of fused-ring (bicyclic) bond motifs is 4. The summed E-state index contributed by atoms with van der Waals surface area (Å²) in [6.45, 7) is 0. The minimum atomic E-state index is -0.123. The normalized spacial score (nSPS) is 12.2. The van der Waals surface area contributed by atoms with Gasteiger partial charge in [0.2, 0.25) is 0 Å². The lowest BCUT2D eigenvalue weighted by molar-refractivity contribution is 1.28. The second-order valence-corrected chi connectivity index (χ2v) is 15.4. The zero-order valence-corrected chi connectivity index (χ0v) is 33.3. The van der Waals surface area contributed by atoms with Crippen LogP contribution >= 0.6 is 0 Å². The first-order chi connectivity index (χ1) is 31.9. The number of hydrogen-bond donors (Lipinski definition) is 0. The standard InChI is InChI=1S/C60H41N/c1-2-11-42(12-3-1)48-16-8-17-49(39-48)43-25-32-54(33-26-43)61(56-36-29-45(30-37-56)51-31-38-60-53(41-51)24-23-47-14-5-7-21-58(47)60)55-34-27-44(28-35-55)50-18-9-19-52(40-50)59-22-10-15-46-13-4-6-20-57(46)59/h1-41H/i27D,28D,34D,35D. The first-order valence-corrected chi connectivity index (χ1v) is 20.7. The first-order valence-electron chi connectivity index (χ1n) is 22.7. The Morgan fingerprint density at radius 1 is 0.246 bits per heavy atom. The topological polar surface area (TPSA) is 3.24 Å². The minimum absolute atomic E-state index is 0.101. The lowest BCUT2D eigenvalue weighted by Crippen LogP contribution is -2.09. The summed E-state index contributed by atoms with van der Waals surface area (Å²) in [5.74, 6) is 0. The van der Waals surface area contributed by atoms with Crippen molar-refractivity contribution in [1.82, 2.24) is 0 Å². The summed E-state index contributed by atoms with van der Waals surface area (Å²) >= 11 is 0. The fourth-order valence-corrected chi connectivity index (χ4v) is 8.60. The summed E-state index contributed by atoms with van der Waals surface area (Å²) < 4.78 is 38.3. The van der Waals surface area contributed by atoms with Gasteiger partial charge in [0.25, 0.3) is 0 Å². The summed E-state index contributed by atoms with van der Waals surface area (Å²) in [6.07, 6.45) is 0. The van der Waals surface area contributed by atoms with Crippen LogP contribution in [0.1, 0.15) is 5.48 Å². The van der Waals surface area contributed by atoms with E-state index in [1.807, 2.05) is 89.8 Å². The highest BCUT2D eigenvalue weighted by atomic mass is 15.1. The highest BCUT2D eigenvalue weighted by Crippen LogP contribution is 2.39. The minimum Gasteiger partial charge on any atom is -0.311 e. The average Bonchev–Trinajstić information content (AvgIpc) is 3.37. The maximum atomic E-state index is 9.64. The third-order valence-electron chi connectivity index (χ3n) is 11.7. The second kappa shape index (κ2) is 15.6. The van der Waals surface area contributed by atoms with Gasteiger partial charge in [-0.1, -0.05) is 194 Å². The highest BCUT2D eigenvalue weighted by Gasteiger charge is 2.15. The van der Waals surface area contributed by atoms with Gasteiger partial charge in [0.15, 0.2) is 0 Å². The Hall–Kier alpha value is -8.00. The smallest absolute Gasteiger partial charge is 0.0645 e. The van der Waals surface area contributed by atoms with E-state index in [1.54, 1.807) is 0 Å². The van der Waals surface area contributed by atoms with Crippen LogP contribution in [0, 0.1) is 0 Å². The van der Waals surface area contributed by atoms with Gasteiger partial charge >= 0.3 is 0 Å². The van der Waals surface area contributed by atoms with Crippen LogP contribution in [0.2, 0.25) is 0 Å². The number of nitrogens with zero attached hydrogens (tertiary/aromatic N) is 1. The van der Waals surface area contributed by atoms with E-state index in [0.29, 0.717) is 16.9 Å². The molecule has 0 aliphatic rings. The maximum Gasteiger partial charge on any atom is 0.0645 e. The van der Waals surface area contributed by atoms with Crippen molar-refractivity contribution in [2.45, 2.75) is 0 Å². The van der Waals surface area contributed by atoms with E-state index < -0.39 is 0 Å². The van der Waals surface area contributed by atoms with Crippen molar-refractivity contribution in [3.63, 3.8) is 0 Å². The zero-order chi connectivity index (χ0) is 44.0. The molecule has 0 heterocycles. The van der Waals surface area contributed by atoms with Crippen molar-refractivity contribution in [3.8, 4) is 55.6 Å². The highest BCUT2D eigenvalue weighted by molar-refractivity contribution is 6.08. The SMILES string of the molecule is [2H]c1c([2H])c(N(c2ccc(-c3cccc(-c4ccccc4)c3)cc2)c2ccc(-c3ccc4c(ccc5ccccc54)c3)cc2)c([2H])c([2H])c1-c1cccc(-c2cccc3ccccc23)c1. The molecule has 0 saturated heterocycles. The van der Waals surface area contributed by atoms with Gasteiger partial charge in [-0.2, -0.15) is 0 Å². The number of hydrogen-bond acceptors (Lipinski definition) is 1. The average molecular weight is 780 g/mol. The van der Waals surface area contributed by atoms with E-state index in [1.165, 1.54) is 16.2 Å². The molecule has 11 aromatic rings. The lowest BCUT2D eigenvalue weighted by atomic mass is 9.95. The molecule has 0 fully saturated rings. The van der Waals surface area contributed by atoms with Crippen LogP contribution in [0.25, 0.3) is 88.0 Å². The molecule has 0 aliphatic carbocycles. The fourth-order valence-electron chi connectivity index (χ4n) is 8.60. The Morgan fingerprint density at radius 3 is 1.38 bits per heavy atom. The van der Waals surface area contributed by atoms with Gasteiger partial charge in [-0.25, -0.2) is 0 Å². The summed E-state index contributed by atoms with van der Waals surface area (Å²) in [5.41, 5.74) is 10.9. The molecule has 0 aromatic heterocycles. The molecule has 1 nitrogen and oxygen atoms in total. The molecule has 286 valence electrons. The van der Waals surface area contributed by atoms with E-state index in [4.69, 9.17) is 0 Å². The number of benzene rings is 11. The van der Waals surface area contributed by atoms with Crippen molar-refractivity contribution in [1.29, 1.82) is 0 Å². The number of anilines is 3. The maximum absolute atomic E-state index is 9.64. The molecule has 0 aliphatic heterocycles. The van der Waals surface area contributed by atoms with Crippen LogP contribution in [0.15, 0.2) is 249 Å². The van der Waals surface area contributed by atoms with Crippen LogP contribution < -0.4 is 4.90 Å². The van der Waals surface area contributed by atoms with E-state index in [2.05, 4.69) is 140 Å². The summed E-state index contributed by atoms with van der Waals surface area (Å²) in [5, 5.41) is 7.03. The molecule has 0 amide bonds. The summed E-state index contributed by atoms with van der Waals surface area (Å²) in [6, 6.07) is 76.2. The predicted octanol–water partition coefficient (Wildman–Crippen LogP) is 17.0. The molecular weight excluding hydrogens is 735 g/mol. The van der Waals surface area contributed by atoms with Crippen LogP contribution in [0.5, 0.6) is 0 Å². The Morgan fingerprint density at radius 2 is 0.689 bits per heavy atom. The molecule has 0 bridgehead atoms. The van der Waals surface area contributed by atoms with Crippen molar-refractivity contribution >= 4 is 49.4 Å². The Bertz CT molecular complexity index is 3550. The molecule has 0 radical (unpaired) electrons. The second-order valence-electron chi connectivity index (χ2n) is 15.4. The predicted molar refractivity (Wildman–Crippen MR) is 261 cm³/mol. The van der Waals surface area contributed by atoms with Gasteiger partial charge in [-0.05, 0) is 143 Å². The van der Waals surface area contributed by atoms with E-state index in [-0.39, 0.29) is 35.4 Å². The third-order valence-corrected chi connectivity index (χ3v) is 11.7. The molecule has 11 rings (SSSR count). The van der Waals surface area contributed by atoms with Gasteiger partial charge in [-0.3, -0.25) is 0 Å². The van der Waals surface area contributed by atoms with Gasteiger partial charge in [-0.15, -0.1) is 0 Å². The van der Waals surface area contributed by atoms with E-state index >= 15 is 0 Å². The van der Waals surface area contributed by atoms with Crippen LogP contribution in [-0.2, 0) is 0 Å². The fraction of sp³-hybridized carbons (Fsp3) is 0. The van der Waals surface area contributed by atoms with Crippen molar-refractivity contribution in [2.75, 3.05) is 4.90 Å². The van der Waals surface area contributed by atoms with E-state index in [0.717, 1.165) is 60.7 Å². The van der Waals surface area contributed by atoms with Crippen molar-refractivity contribution in [2.24, 2.45) is 0 Å². The number of rotatable bonds is 8. The molecule has 61 heavy (non-hydrogen) atoms. The Kier molecular flexibility index (Phi) is 8.18. The molecule has 0 atom stereocenters. The third kappa shape index (κ3) is 7.03. The molecule has 0 unspecified atom stereocenters. The van der Waals surface area contributed by atoms with E-state index in [9.17, 15) is 5.48 Å². The largest absolute Gasteiger partial charge is 0.311 e. The van der Waals surface area contributed by atoms with Gasteiger partial charge in [0.05, 0.1) is 5.48 Å². The molecule has 1 heteroatoms. The zero-order valence-electron chi connectivity index (χ0n) is 37.3.